The lowest BCUT2D eigenvalue weighted by molar-refractivity contribution is -0.120. The summed E-state index contributed by atoms with van der Waals surface area (Å²) in [5.74, 6) is -0.0109. The molecule has 1 amide bonds. The molecule has 0 atom stereocenters. The number of hydrogen-bond acceptors (Lipinski definition) is 2. The predicted molar refractivity (Wildman–Crippen MR) is 58.7 cm³/mol. The van der Waals surface area contributed by atoms with Crippen molar-refractivity contribution < 1.29 is 4.79 Å². The summed E-state index contributed by atoms with van der Waals surface area (Å²) in [6.45, 7) is 0. The van der Waals surface area contributed by atoms with Gasteiger partial charge < -0.3 is 0 Å². The maximum absolute atomic E-state index is 11.2. The Morgan fingerprint density at radius 3 is 2.64 bits per heavy atom. The van der Waals surface area contributed by atoms with Gasteiger partial charge in [0, 0.05) is 10.7 Å². The normalized spacial score (nSPS) is 16.2. The lowest BCUT2D eigenvalue weighted by Crippen LogP contribution is -2.41. The fourth-order valence-corrected chi connectivity index (χ4v) is 1.73. The van der Waals surface area contributed by atoms with Gasteiger partial charge in [0.05, 0.1) is 12.1 Å². The van der Waals surface area contributed by atoms with E-state index in [2.05, 4.69) is 21.4 Å². The summed E-state index contributed by atoms with van der Waals surface area (Å²) >= 11 is 3.32. The molecule has 0 spiro atoms. The summed E-state index contributed by atoms with van der Waals surface area (Å²) < 4.78 is 0.880. The molecule has 4 heteroatoms. The van der Waals surface area contributed by atoms with Gasteiger partial charge in [-0.05, 0) is 12.1 Å². The van der Waals surface area contributed by atoms with Gasteiger partial charge in [0.15, 0.2) is 0 Å². The standard InChI is InChI=1S/C10H9BrN2O/c11-8-6-10(14)12-13(7-8)9-4-2-1-3-5-9/h1-5,7H,6H2,(H,12,14). The van der Waals surface area contributed by atoms with Crippen molar-refractivity contribution in [3.8, 4) is 0 Å². The summed E-state index contributed by atoms with van der Waals surface area (Å²) in [6.07, 6.45) is 2.26. The Hall–Kier alpha value is -1.29. The number of para-hydroxylation sites is 1. The Bertz CT molecular complexity index is 375. The number of nitrogens with one attached hydrogen (secondary N) is 1. The molecule has 1 aliphatic rings. The first kappa shape index (κ1) is 9.27. The largest absolute Gasteiger partial charge is 0.273 e. The topological polar surface area (TPSA) is 32.3 Å². The van der Waals surface area contributed by atoms with E-state index in [4.69, 9.17) is 0 Å². The van der Waals surface area contributed by atoms with E-state index >= 15 is 0 Å². The van der Waals surface area contributed by atoms with Gasteiger partial charge in [-0.25, -0.2) is 0 Å². The van der Waals surface area contributed by atoms with Crippen LogP contribution in [0, 0.1) is 0 Å². The zero-order valence-electron chi connectivity index (χ0n) is 7.40. The van der Waals surface area contributed by atoms with Crippen LogP contribution in [0.2, 0.25) is 0 Å². The Morgan fingerprint density at radius 2 is 2.00 bits per heavy atom. The SMILES string of the molecule is O=C1CC(Br)=CN(c2ccccc2)N1. The molecule has 0 radical (unpaired) electrons. The van der Waals surface area contributed by atoms with E-state index in [-0.39, 0.29) is 5.91 Å². The van der Waals surface area contributed by atoms with Gasteiger partial charge in [-0.1, -0.05) is 34.1 Å². The van der Waals surface area contributed by atoms with Crippen LogP contribution in [0.1, 0.15) is 6.42 Å². The third-order valence-corrected chi connectivity index (χ3v) is 2.36. The molecule has 0 saturated heterocycles. The van der Waals surface area contributed by atoms with Crippen LogP contribution in [0.5, 0.6) is 0 Å². The van der Waals surface area contributed by atoms with Gasteiger partial charge in [0.25, 0.3) is 0 Å². The van der Waals surface area contributed by atoms with Crippen molar-refractivity contribution in [1.82, 2.24) is 5.43 Å². The fraction of sp³-hybridized carbons (Fsp3) is 0.100. The van der Waals surface area contributed by atoms with Crippen molar-refractivity contribution in [1.29, 1.82) is 0 Å². The van der Waals surface area contributed by atoms with E-state index in [1.54, 1.807) is 5.01 Å². The highest BCUT2D eigenvalue weighted by molar-refractivity contribution is 9.11. The number of carbonyl (C=O) groups excluding carboxylic acids is 1. The number of nitrogens with zero attached hydrogens (tertiary/aromatic N) is 1. The summed E-state index contributed by atoms with van der Waals surface area (Å²) in [4.78, 5) is 11.2. The molecule has 0 aromatic heterocycles. The number of rotatable bonds is 1. The van der Waals surface area contributed by atoms with Gasteiger partial charge >= 0.3 is 0 Å². The van der Waals surface area contributed by atoms with E-state index in [0.717, 1.165) is 10.2 Å². The lowest BCUT2D eigenvalue weighted by Gasteiger charge is -2.25. The Balaban J connectivity index is 2.28. The second kappa shape index (κ2) is 3.84. The minimum absolute atomic E-state index is 0.0109. The summed E-state index contributed by atoms with van der Waals surface area (Å²) in [7, 11) is 0. The molecular formula is C10H9BrN2O. The molecule has 0 bridgehead atoms. The molecule has 1 aliphatic heterocycles. The van der Waals surface area contributed by atoms with Crippen LogP contribution in [0.15, 0.2) is 41.0 Å². The van der Waals surface area contributed by atoms with Crippen molar-refractivity contribution >= 4 is 27.5 Å². The zero-order valence-corrected chi connectivity index (χ0v) is 8.99. The van der Waals surface area contributed by atoms with Crippen molar-refractivity contribution in [2.45, 2.75) is 6.42 Å². The summed E-state index contributed by atoms with van der Waals surface area (Å²) in [6, 6.07) is 9.66. The van der Waals surface area contributed by atoms with Crippen LogP contribution in [0.25, 0.3) is 0 Å². The third kappa shape index (κ3) is 1.96. The van der Waals surface area contributed by atoms with E-state index in [1.807, 2.05) is 36.5 Å². The van der Waals surface area contributed by atoms with Crippen LogP contribution >= 0.6 is 15.9 Å². The second-order valence-corrected chi connectivity index (χ2v) is 4.01. The van der Waals surface area contributed by atoms with Crippen LogP contribution in [-0.2, 0) is 4.79 Å². The Labute approximate surface area is 90.5 Å². The first-order valence-electron chi connectivity index (χ1n) is 4.25. The van der Waals surface area contributed by atoms with Gasteiger partial charge in [-0.2, -0.15) is 0 Å². The number of amides is 1. The zero-order chi connectivity index (χ0) is 9.97. The highest BCUT2D eigenvalue weighted by Crippen LogP contribution is 2.20. The van der Waals surface area contributed by atoms with Gasteiger partial charge in [0.1, 0.15) is 0 Å². The first-order valence-corrected chi connectivity index (χ1v) is 5.05. The van der Waals surface area contributed by atoms with Crippen molar-refractivity contribution in [2.24, 2.45) is 0 Å². The smallest absolute Gasteiger partial charge is 0.243 e. The van der Waals surface area contributed by atoms with Crippen LogP contribution in [0.4, 0.5) is 5.69 Å². The molecule has 1 aromatic carbocycles. The molecule has 2 rings (SSSR count). The number of anilines is 1. The van der Waals surface area contributed by atoms with E-state index in [9.17, 15) is 4.79 Å². The number of carbonyl (C=O) groups is 1. The van der Waals surface area contributed by atoms with Crippen LogP contribution in [-0.4, -0.2) is 5.91 Å². The van der Waals surface area contributed by atoms with Gasteiger partial charge in [-0.3, -0.25) is 15.2 Å². The molecule has 0 aliphatic carbocycles. The number of hydrazine groups is 1. The molecule has 1 aromatic rings. The average molecular weight is 253 g/mol. The monoisotopic (exact) mass is 252 g/mol. The van der Waals surface area contributed by atoms with Gasteiger partial charge in [-0.15, -0.1) is 0 Å². The van der Waals surface area contributed by atoms with E-state index in [0.29, 0.717) is 6.42 Å². The van der Waals surface area contributed by atoms with Gasteiger partial charge in [0.2, 0.25) is 5.91 Å². The Morgan fingerprint density at radius 1 is 1.29 bits per heavy atom. The molecule has 0 fully saturated rings. The number of halogens is 1. The lowest BCUT2D eigenvalue weighted by atomic mass is 10.3. The molecule has 0 saturated carbocycles. The van der Waals surface area contributed by atoms with Crippen molar-refractivity contribution in [3.63, 3.8) is 0 Å². The highest BCUT2D eigenvalue weighted by Gasteiger charge is 2.15. The summed E-state index contributed by atoms with van der Waals surface area (Å²) in [5, 5.41) is 1.70. The fourth-order valence-electron chi connectivity index (χ4n) is 1.27. The minimum Gasteiger partial charge on any atom is -0.273 e. The third-order valence-electron chi connectivity index (χ3n) is 1.88. The van der Waals surface area contributed by atoms with E-state index in [1.165, 1.54) is 0 Å². The molecular weight excluding hydrogens is 244 g/mol. The van der Waals surface area contributed by atoms with E-state index < -0.39 is 0 Å². The number of hydrogen-bond donors (Lipinski definition) is 1. The molecule has 3 nitrogen and oxygen atoms in total. The highest BCUT2D eigenvalue weighted by atomic mass is 79.9. The minimum atomic E-state index is -0.0109. The molecule has 0 unspecified atom stereocenters. The average Bonchev–Trinajstić information content (AvgIpc) is 2.18. The maximum atomic E-state index is 11.2. The van der Waals surface area contributed by atoms with Crippen molar-refractivity contribution in [3.05, 3.63) is 41.0 Å². The predicted octanol–water partition coefficient (Wildman–Crippen LogP) is 2.16. The maximum Gasteiger partial charge on any atom is 0.243 e. The summed E-state index contributed by atoms with van der Waals surface area (Å²) in [5.41, 5.74) is 3.69. The molecule has 72 valence electrons. The first-order chi connectivity index (χ1) is 6.75. The number of benzene rings is 1. The Kier molecular flexibility index (Phi) is 2.54. The quantitative estimate of drug-likeness (QED) is 0.831. The van der Waals surface area contributed by atoms with Crippen molar-refractivity contribution in [2.75, 3.05) is 5.01 Å². The van der Waals surface area contributed by atoms with Crippen LogP contribution in [0.3, 0.4) is 0 Å². The molecule has 1 N–H and O–H groups in total. The second-order valence-electron chi connectivity index (χ2n) is 2.99. The molecule has 1 heterocycles. The van der Waals surface area contributed by atoms with Crippen LogP contribution < -0.4 is 10.4 Å². The molecule has 14 heavy (non-hydrogen) atoms.